The first-order chi connectivity index (χ1) is 16.4. The zero-order chi connectivity index (χ0) is 24.2. The smallest absolute Gasteiger partial charge is 0.348 e. The lowest BCUT2D eigenvalue weighted by atomic mass is 10.0. The van der Waals surface area contributed by atoms with Crippen LogP contribution in [0.3, 0.4) is 0 Å². The van der Waals surface area contributed by atoms with Gasteiger partial charge in [-0.15, -0.1) is 0 Å². The maximum Gasteiger partial charge on any atom is 0.357 e. The van der Waals surface area contributed by atoms with Crippen molar-refractivity contribution in [1.29, 1.82) is 0 Å². The van der Waals surface area contributed by atoms with Crippen molar-refractivity contribution < 1.29 is 18.0 Å². The summed E-state index contributed by atoms with van der Waals surface area (Å²) >= 11 is 0. The Bertz CT molecular complexity index is 1200. The van der Waals surface area contributed by atoms with Gasteiger partial charge in [-0.05, 0) is 60.0 Å². The Labute approximate surface area is 202 Å². The normalized spacial score (nSPS) is 11.9. The van der Waals surface area contributed by atoms with Crippen molar-refractivity contribution in [2.24, 2.45) is 0 Å². The van der Waals surface area contributed by atoms with Gasteiger partial charge in [0.25, 0.3) is 0 Å². The van der Waals surface area contributed by atoms with Crippen LogP contribution in [0.5, 0.6) is 0 Å². The van der Waals surface area contributed by atoms with Crippen LogP contribution in [0.2, 0.25) is 0 Å². The lowest BCUT2D eigenvalue weighted by Crippen LogP contribution is -2.41. The minimum Gasteiger partial charge on any atom is -0.348 e. The Kier molecular flexibility index (Phi) is 9.45. The molecule has 3 aromatic carbocycles. The third kappa shape index (κ3) is 8.18. The highest BCUT2D eigenvalue weighted by Gasteiger charge is 2.31. The average Bonchev–Trinajstić information content (AvgIpc) is 2.85. The summed E-state index contributed by atoms with van der Waals surface area (Å²) in [5.74, 6) is 5.58. The number of benzene rings is 3. The topological polar surface area (TPSA) is 63.7 Å². The van der Waals surface area contributed by atoms with Crippen LogP contribution in [0.15, 0.2) is 91.0 Å². The molecule has 3 aromatic rings. The van der Waals surface area contributed by atoms with Crippen LogP contribution in [0.4, 0.5) is 0 Å². The fourth-order valence-corrected chi connectivity index (χ4v) is 4.52. The molecule has 1 unspecified atom stereocenters. The van der Waals surface area contributed by atoms with Gasteiger partial charge in [0.05, 0.1) is 17.9 Å². The van der Waals surface area contributed by atoms with Crippen LogP contribution in [-0.4, -0.2) is 31.2 Å². The highest BCUT2D eigenvalue weighted by molar-refractivity contribution is 7.88. The number of carbonyl (C=O) groups excluding carboxylic acids is 1. The molecule has 0 N–H and O–H groups in total. The van der Waals surface area contributed by atoms with Gasteiger partial charge in [-0.2, -0.15) is 0 Å². The lowest BCUT2D eigenvalue weighted by Gasteiger charge is -2.28. The molecule has 0 aromatic heterocycles. The number of carbonyl (C=O) groups is 1. The first-order valence-electron chi connectivity index (χ1n) is 11.3. The van der Waals surface area contributed by atoms with Crippen LogP contribution in [0.25, 0.3) is 0 Å². The van der Waals surface area contributed by atoms with Gasteiger partial charge in [0.15, 0.2) is 0 Å². The lowest BCUT2D eigenvalue weighted by molar-refractivity contribution is -0.0714. The summed E-state index contributed by atoms with van der Waals surface area (Å²) in [6, 6.07) is 27.5. The van der Waals surface area contributed by atoms with Gasteiger partial charge in [-0.25, -0.2) is 13.2 Å². The second-order valence-electron chi connectivity index (χ2n) is 8.00. The molecule has 5 nitrogen and oxygen atoms in total. The van der Waals surface area contributed by atoms with Crippen LogP contribution in [-0.2, 0) is 21.3 Å². The van der Waals surface area contributed by atoms with Gasteiger partial charge < -0.3 is 4.84 Å². The maximum atomic E-state index is 12.7. The number of nitrogens with zero attached hydrogens (tertiary/aromatic N) is 1. The molecule has 1 atom stereocenters. The van der Waals surface area contributed by atoms with Crippen molar-refractivity contribution in [2.45, 2.75) is 38.1 Å². The van der Waals surface area contributed by atoms with E-state index >= 15 is 0 Å². The molecule has 34 heavy (non-hydrogen) atoms. The van der Waals surface area contributed by atoms with Crippen LogP contribution in [0.1, 0.15) is 47.2 Å². The summed E-state index contributed by atoms with van der Waals surface area (Å²) in [5, 5.41) is 0. The highest BCUT2D eigenvalue weighted by Crippen LogP contribution is 2.20. The Balaban J connectivity index is 1.72. The van der Waals surface area contributed by atoms with Crippen LogP contribution < -0.4 is 0 Å². The van der Waals surface area contributed by atoms with E-state index in [4.69, 9.17) is 4.84 Å². The second-order valence-corrected chi connectivity index (χ2v) is 9.83. The number of unbranched alkanes of at least 4 members (excludes halogenated alkanes) is 1. The van der Waals surface area contributed by atoms with Gasteiger partial charge in [-0.1, -0.05) is 78.6 Å². The highest BCUT2D eigenvalue weighted by atomic mass is 32.2. The number of hydrogen-bond donors (Lipinski definition) is 0. The summed E-state index contributed by atoms with van der Waals surface area (Å²) in [6.07, 6.45) is 4.05. The number of hydroxylamine groups is 1. The zero-order valence-corrected chi connectivity index (χ0v) is 20.1. The molecular weight excluding hydrogens is 446 g/mol. The molecule has 0 heterocycles. The first-order valence-corrected chi connectivity index (χ1v) is 13.1. The minimum absolute atomic E-state index is 0.298. The summed E-state index contributed by atoms with van der Waals surface area (Å²) in [6.45, 7) is 0. The van der Waals surface area contributed by atoms with E-state index in [2.05, 4.69) is 11.8 Å². The van der Waals surface area contributed by atoms with Gasteiger partial charge in [0.2, 0.25) is 10.0 Å². The molecule has 3 rings (SSSR count). The van der Waals surface area contributed by atoms with Crippen LogP contribution >= 0.6 is 0 Å². The molecule has 0 aliphatic rings. The molecule has 6 heteroatoms. The van der Waals surface area contributed by atoms with Crippen LogP contribution in [0, 0.1) is 11.8 Å². The quantitative estimate of drug-likeness (QED) is 0.228. The molecular formula is C28H29NO4S. The summed E-state index contributed by atoms with van der Waals surface area (Å²) < 4.78 is 26.2. The number of sulfonamides is 1. The van der Waals surface area contributed by atoms with E-state index < -0.39 is 22.0 Å². The van der Waals surface area contributed by atoms with E-state index in [9.17, 15) is 13.2 Å². The standard InChI is InChI=1S/C28H29NO4S/c1-34(31,32)29(33-28(30)26-19-11-5-12-20-26)27(23-22-25-17-8-3-9-18-25)21-13-4-10-16-24-14-6-2-7-15-24/h2-3,5-9,11-12,14-15,17-20,27H,4,13,21-23H2,1H3. The molecule has 0 spiro atoms. The zero-order valence-electron chi connectivity index (χ0n) is 19.3. The van der Waals surface area contributed by atoms with Crippen molar-refractivity contribution in [3.63, 3.8) is 0 Å². The molecule has 0 saturated heterocycles. The molecule has 0 aliphatic carbocycles. The SMILES string of the molecule is CS(=O)(=O)N(OC(=O)c1ccccc1)C(CCCC#Cc1ccccc1)CCc1ccccc1. The van der Waals surface area contributed by atoms with E-state index in [1.165, 1.54) is 0 Å². The Hall–Kier alpha value is -3.40. The molecule has 0 amide bonds. The van der Waals surface area contributed by atoms with E-state index in [0.717, 1.165) is 21.9 Å². The van der Waals surface area contributed by atoms with Gasteiger partial charge in [0, 0.05) is 12.0 Å². The fraction of sp³-hybridized carbons (Fsp3) is 0.250. The molecule has 0 bridgehead atoms. The van der Waals surface area contributed by atoms with Crippen molar-refractivity contribution >= 4 is 16.0 Å². The van der Waals surface area contributed by atoms with Crippen molar-refractivity contribution in [1.82, 2.24) is 4.47 Å². The molecule has 0 fully saturated rings. The number of aryl methyl sites for hydroxylation is 1. The molecule has 176 valence electrons. The predicted molar refractivity (Wildman–Crippen MR) is 134 cm³/mol. The van der Waals surface area contributed by atoms with Gasteiger partial charge in [-0.3, -0.25) is 0 Å². The minimum atomic E-state index is -3.80. The van der Waals surface area contributed by atoms with Crippen molar-refractivity contribution in [3.8, 4) is 11.8 Å². The largest absolute Gasteiger partial charge is 0.357 e. The maximum absolute atomic E-state index is 12.7. The first kappa shape index (κ1) is 25.2. The summed E-state index contributed by atoms with van der Waals surface area (Å²) in [4.78, 5) is 18.1. The number of hydrogen-bond acceptors (Lipinski definition) is 4. The van der Waals surface area contributed by atoms with Gasteiger partial charge in [0.1, 0.15) is 0 Å². The Morgan fingerprint density at radius 3 is 2.09 bits per heavy atom. The molecule has 0 saturated carbocycles. The van der Waals surface area contributed by atoms with Gasteiger partial charge >= 0.3 is 5.97 Å². The summed E-state index contributed by atoms with van der Waals surface area (Å²) in [7, 11) is -3.80. The van der Waals surface area contributed by atoms with Crippen molar-refractivity contribution in [3.05, 3.63) is 108 Å². The fourth-order valence-electron chi connectivity index (χ4n) is 3.57. The Morgan fingerprint density at radius 2 is 1.47 bits per heavy atom. The second kappa shape index (κ2) is 12.7. The van der Waals surface area contributed by atoms with E-state index in [0.29, 0.717) is 37.7 Å². The monoisotopic (exact) mass is 475 g/mol. The summed E-state index contributed by atoms with van der Waals surface area (Å²) in [5.41, 5.74) is 2.34. The van der Waals surface area contributed by atoms with E-state index in [1.54, 1.807) is 30.3 Å². The van der Waals surface area contributed by atoms with Crippen molar-refractivity contribution in [2.75, 3.05) is 6.26 Å². The van der Waals surface area contributed by atoms with E-state index in [1.807, 2.05) is 60.7 Å². The number of rotatable bonds is 10. The third-order valence-corrected chi connectivity index (χ3v) is 6.29. The molecule has 0 radical (unpaired) electrons. The predicted octanol–water partition coefficient (Wildman–Crippen LogP) is 5.24. The average molecular weight is 476 g/mol. The molecule has 0 aliphatic heterocycles. The van der Waals surface area contributed by atoms with E-state index in [-0.39, 0.29) is 0 Å². The Morgan fingerprint density at radius 1 is 0.882 bits per heavy atom. The third-order valence-electron chi connectivity index (χ3n) is 5.26.